The van der Waals surface area contributed by atoms with E-state index >= 15 is 0 Å². The minimum absolute atomic E-state index is 0.577. The molecule has 0 saturated carbocycles. The Morgan fingerprint density at radius 2 is 0.962 bits per heavy atom. The number of rotatable bonds is 22. The lowest BCUT2D eigenvalue weighted by Crippen LogP contribution is -2.14. The second kappa shape index (κ2) is 22.8. The van der Waals surface area contributed by atoms with Gasteiger partial charge in [0.15, 0.2) is 0 Å². The largest absolute Gasteiger partial charge is 0.382 e. The lowest BCUT2D eigenvalue weighted by Gasteiger charge is -2.10. The Morgan fingerprint density at radius 1 is 0.538 bits per heavy atom. The molecule has 0 aliphatic rings. The Bertz CT molecular complexity index is 252. The molecule has 0 bridgehead atoms. The highest BCUT2D eigenvalue weighted by atomic mass is 16.6. The second-order valence-corrected chi connectivity index (χ2v) is 6.44. The number of methoxy groups -OCH3 is 1. The number of unbranched alkanes of at least 4 members (excludes halogenated alkanes) is 1. The fourth-order valence-electron chi connectivity index (χ4n) is 2.46. The molecule has 0 fully saturated rings. The molecule has 0 aromatic carbocycles. The SMILES string of the molecule is CCCC(C)CCCCOCCOCCOCCOCCOCCOC. The van der Waals surface area contributed by atoms with Crippen LogP contribution in [-0.2, 0) is 28.4 Å². The molecule has 0 rings (SSSR count). The fraction of sp³-hybridized carbons (Fsp3) is 1.00. The highest BCUT2D eigenvalue weighted by Crippen LogP contribution is 2.13. The zero-order chi connectivity index (χ0) is 19.1. The first kappa shape index (κ1) is 25.8. The smallest absolute Gasteiger partial charge is 0.0701 e. The molecule has 0 N–H and O–H groups in total. The molecule has 26 heavy (non-hydrogen) atoms. The van der Waals surface area contributed by atoms with E-state index in [9.17, 15) is 0 Å². The monoisotopic (exact) mass is 378 g/mol. The predicted molar refractivity (Wildman–Crippen MR) is 104 cm³/mol. The molecule has 6 heteroatoms. The Labute approximate surface area is 160 Å². The van der Waals surface area contributed by atoms with Gasteiger partial charge >= 0.3 is 0 Å². The number of ether oxygens (including phenoxy) is 6. The van der Waals surface area contributed by atoms with E-state index in [2.05, 4.69) is 13.8 Å². The topological polar surface area (TPSA) is 55.4 Å². The molecule has 0 spiro atoms. The molecule has 6 nitrogen and oxygen atoms in total. The van der Waals surface area contributed by atoms with Crippen molar-refractivity contribution in [1.82, 2.24) is 0 Å². The molecule has 0 amide bonds. The summed E-state index contributed by atoms with van der Waals surface area (Å²) in [7, 11) is 1.66. The van der Waals surface area contributed by atoms with Crippen molar-refractivity contribution in [2.45, 2.75) is 46.0 Å². The van der Waals surface area contributed by atoms with Crippen LogP contribution in [0.25, 0.3) is 0 Å². The van der Waals surface area contributed by atoms with Gasteiger partial charge in [-0.15, -0.1) is 0 Å². The minimum atomic E-state index is 0.577. The van der Waals surface area contributed by atoms with Crippen LogP contribution >= 0.6 is 0 Å². The maximum atomic E-state index is 5.58. The normalized spacial score (nSPS) is 12.6. The Balaban J connectivity index is 3.01. The molecular weight excluding hydrogens is 336 g/mol. The summed E-state index contributed by atoms with van der Waals surface area (Å²) >= 11 is 0. The van der Waals surface area contributed by atoms with Crippen molar-refractivity contribution < 1.29 is 28.4 Å². The fourth-order valence-corrected chi connectivity index (χ4v) is 2.46. The lowest BCUT2D eigenvalue weighted by atomic mass is 9.99. The Hall–Kier alpha value is -0.240. The first-order valence-electron chi connectivity index (χ1n) is 10.2. The molecule has 1 atom stereocenters. The van der Waals surface area contributed by atoms with Crippen molar-refractivity contribution in [1.29, 1.82) is 0 Å². The van der Waals surface area contributed by atoms with Gasteiger partial charge in [-0.25, -0.2) is 0 Å². The van der Waals surface area contributed by atoms with Gasteiger partial charge in [-0.1, -0.05) is 39.5 Å². The molecule has 0 aliphatic carbocycles. The maximum Gasteiger partial charge on any atom is 0.0701 e. The minimum Gasteiger partial charge on any atom is -0.382 e. The van der Waals surface area contributed by atoms with Gasteiger partial charge in [-0.05, 0) is 12.3 Å². The molecule has 0 radical (unpaired) electrons. The maximum absolute atomic E-state index is 5.58. The van der Waals surface area contributed by atoms with Gasteiger partial charge in [0.25, 0.3) is 0 Å². The van der Waals surface area contributed by atoms with Gasteiger partial charge in [0.1, 0.15) is 0 Å². The summed E-state index contributed by atoms with van der Waals surface area (Å²) in [6.07, 6.45) is 6.35. The van der Waals surface area contributed by atoms with Crippen molar-refractivity contribution in [3.63, 3.8) is 0 Å². The third-order valence-corrected chi connectivity index (χ3v) is 3.94. The van der Waals surface area contributed by atoms with Crippen LogP contribution in [0.2, 0.25) is 0 Å². The van der Waals surface area contributed by atoms with Crippen molar-refractivity contribution in [3.8, 4) is 0 Å². The van der Waals surface area contributed by atoms with Crippen LogP contribution < -0.4 is 0 Å². The summed E-state index contributed by atoms with van der Waals surface area (Å²) in [6.45, 7) is 11.5. The van der Waals surface area contributed by atoms with E-state index in [0.717, 1.165) is 18.9 Å². The molecular formula is C20H42O6. The van der Waals surface area contributed by atoms with Crippen LogP contribution in [0.5, 0.6) is 0 Å². The number of hydrogen-bond acceptors (Lipinski definition) is 6. The van der Waals surface area contributed by atoms with Crippen LogP contribution in [-0.4, -0.2) is 79.8 Å². The molecule has 0 saturated heterocycles. The van der Waals surface area contributed by atoms with Crippen LogP contribution in [0, 0.1) is 5.92 Å². The molecule has 1 unspecified atom stereocenters. The second-order valence-electron chi connectivity index (χ2n) is 6.44. The van der Waals surface area contributed by atoms with Crippen LogP contribution in [0.15, 0.2) is 0 Å². The third-order valence-electron chi connectivity index (χ3n) is 3.94. The van der Waals surface area contributed by atoms with Crippen molar-refractivity contribution in [2.75, 3.05) is 79.8 Å². The van der Waals surface area contributed by atoms with E-state index in [1.807, 2.05) is 0 Å². The summed E-state index contributed by atoms with van der Waals surface area (Å²) in [4.78, 5) is 0. The van der Waals surface area contributed by atoms with Crippen LogP contribution in [0.1, 0.15) is 46.0 Å². The standard InChI is InChI=1S/C20H42O6/c1-4-7-20(2)8-5-6-9-22-12-13-24-16-17-26-19-18-25-15-14-23-11-10-21-3/h20H,4-19H2,1-3H3. The van der Waals surface area contributed by atoms with E-state index in [1.165, 1.54) is 25.7 Å². The van der Waals surface area contributed by atoms with Crippen molar-refractivity contribution in [3.05, 3.63) is 0 Å². The predicted octanol–water partition coefficient (Wildman–Crippen LogP) is 3.32. The summed E-state index contributed by atoms with van der Waals surface area (Å²) in [6, 6.07) is 0. The summed E-state index contributed by atoms with van der Waals surface area (Å²) in [5, 5.41) is 0. The Morgan fingerprint density at radius 3 is 1.38 bits per heavy atom. The molecule has 0 aliphatic heterocycles. The van der Waals surface area contributed by atoms with Gasteiger partial charge in [0, 0.05) is 13.7 Å². The van der Waals surface area contributed by atoms with Crippen molar-refractivity contribution >= 4 is 0 Å². The van der Waals surface area contributed by atoms with Gasteiger partial charge in [-0.3, -0.25) is 0 Å². The van der Waals surface area contributed by atoms with Crippen LogP contribution in [0.3, 0.4) is 0 Å². The van der Waals surface area contributed by atoms with Gasteiger partial charge in [0.05, 0.1) is 66.1 Å². The summed E-state index contributed by atoms with van der Waals surface area (Å²) in [5.41, 5.74) is 0. The average molecular weight is 379 g/mol. The molecule has 0 heterocycles. The highest BCUT2D eigenvalue weighted by Gasteiger charge is 2.00. The molecule has 0 aromatic rings. The summed E-state index contributed by atoms with van der Waals surface area (Å²) in [5.74, 6) is 0.850. The van der Waals surface area contributed by atoms with Gasteiger partial charge in [-0.2, -0.15) is 0 Å². The first-order valence-corrected chi connectivity index (χ1v) is 10.2. The van der Waals surface area contributed by atoms with Crippen LogP contribution in [0.4, 0.5) is 0 Å². The molecule has 158 valence electrons. The zero-order valence-electron chi connectivity index (χ0n) is 17.3. The van der Waals surface area contributed by atoms with E-state index < -0.39 is 0 Å². The summed E-state index contributed by atoms with van der Waals surface area (Å²) < 4.78 is 32.0. The van der Waals surface area contributed by atoms with E-state index in [-0.39, 0.29) is 0 Å². The third kappa shape index (κ3) is 21.8. The number of hydrogen-bond donors (Lipinski definition) is 0. The first-order chi connectivity index (χ1) is 12.8. The van der Waals surface area contributed by atoms with E-state index in [4.69, 9.17) is 28.4 Å². The van der Waals surface area contributed by atoms with Gasteiger partial charge < -0.3 is 28.4 Å². The zero-order valence-corrected chi connectivity index (χ0v) is 17.3. The average Bonchev–Trinajstić information content (AvgIpc) is 2.64. The van der Waals surface area contributed by atoms with Crippen molar-refractivity contribution in [2.24, 2.45) is 5.92 Å². The Kier molecular flexibility index (Phi) is 22.6. The van der Waals surface area contributed by atoms with Gasteiger partial charge in [0.2, 0.25) is 0 Å². The molecule has 0 aromatic heterocycles. The highest BCUT2D eigenvalue weighted by molar-refractivity contribution is 4.52. The van der Waals surface area contributed by atoms with E-state index in [1.54, 1.807) is 7.11 Å². The lowest BCUT2D eigenvalue weighted by molar-refractivity contribution is -0.0148. The quantitative estimate of drug-likeness (QED) is 0.269. The van der Waals surface area contributed by atoms with E-state index in [0.29, 0.717) is 66.1 Å².